The summed E-state index contributed by atoms with van der Waals surface area (Å²) in [6.45, 7) is 2.34. The lowest BCUT2D eigenvalue weighted by Crippen LogP contribution is -2.31. The molecule has 0 spiro atoms. The van der Waals surface area contributed by atoms with E-state index in [9.17, 15) is 9.59 Å². The van der Waals surface area contributed by atoms with E-state index in [1.54, 1.807) is 30.0 Å². The molecule has 0 saturated heterocycles. The molecule has 8 heteroatoms. The van der Waals surface area contributed by atoms with Crippen LogP contribution >= 0.6 is 11.6 Å². The lowest BCUT2D eigenvalue weighted by Gasteiger charge is -2.20. The van der Waals surface area contributed by atoms with Crippen molar-refractivity contribution in [3.05, 3.63) is 104 Å². The first kappa shape index (κ1) is 23.8. The van der Waals surface area contributed by atoms with Gasteiger partial charge in [-0.2, -0.15) is 0 Å². The van der Waals surface area contributed by atoms with E-state index in [0.29, 0.717) is 40.9 Å². The third kappa shape index (κ3) is 4.62. The topological polar surface area (TPSA) is 74.5 Å². The molecule has 0 atom stereocenters. The number of carbonyl (C=O) groups is 1. The van der Waals surface area contributed by atoms with Gasteiger partial charge in [-0.15, -0.1) is 0 Å². The van der Waals surface area contributed by atoms with Crippen molar-refractivity contribution in [2.45, 2.75) is 32.9 Å². The van der Waals surface area contributed by atoms with E-state index in [1.807, 2.05) is 48.5 Å². The van der Waals surface area contributed by atoms with Crippen molar-refractivity contribution in [3.8, 4) is 23.1 Å². The van der Waals surface area contributed by atoms with E-state index in [2.05, 4.69) is 12.2 Å². The zero-order chi connectivity index (χ0) is 25.2. The first-order valence-corrected chi connectivity index (χ1v) is 12.1. The minimum atomic E-state index is -0.243. The maximum Gasteiger partial charge on any atom is 0.278 e. The number of carbonyl (C=O) groups excluding carboxylic acids is 1. The SMILES string of the molecule is CCc1ccc(-n2c(=O)c3c(n2CC(=O)NCc2ccc(OC)cc2)Oc2ccc(Cl)cc2C3)cc1. The normalized spacial score (nSPS) is 11.9. The van der Waals surface area contributed by atoms with Gasteiger partial charge in [-0.3, -0.25) is 9.59 Å². The minimum Gasteiger partial charge on any atom is -0.497 e. The molecule has 1 N–H and O–H groups in total. The monoisotopic (exact) mass is 503 g/mol. The summed E-state index contributed by atoms with van der Waals surface area (Å²) in [6.07, 6.45) is 1.26. The van der Waals surface area contributed by atoms with E-state index < -0.39 is 0 Å². The molecular formula is C28H26ClN3O4. The second-order valence-corrected chi connectivity index (χ2v) is 9.07. The Morgan fingerprint density at radius 2 is 1.78 bits per heavy atom. The van der Waals surface area contributed by atoms with Crippen LogP contribution in [-0.4, -0.2) is 22.4 Å². The van der Waals surface area contributed by atoms with Gasteiger partial charge in [-0.05, 0) is 60.0 Å². The molecule has 7 nitrogen and oxygen atoms in total. The first-order valence-electron chi connectivity index (χ1n) is 11.8. The quantitative estimate of drug-likeness (QED) is 0.343. The van der Waals surface area contributed by atoms with Crippen molar-refractivity contribution < 1.29 is 14.3 Å². The number of fused-ring (bicyclic) bond motifs is 2. The highest BCUT2D eigenvalue weighted by molar-refractivity contribution is 6.30. The van der Waals surface area contributed by atoms with Gasteiger partial charge < -0.3 is 14.8 Å². The number of hydrogen-bond acceptors (Lipinski definition) is 4. The van der Waals surface area contributed by atoms with Crippen LogP contribution in [0.5, 0.6) is 17.4 Å². The highest BCUT2D eigenvalue weighted by atomic mass is 35.5. The summed E-state index contributed by atoms with van der Waals surface area (Å²) in [5.74, 6) is 1.50. The molecule has 184 valence electrons. The molecule has 0 bridgehead atoms. The van der Waals surface area contributed by atoms with Gasteiger partial charge in [-0.25, -0.2) is 9.36 Å². The van der Waals surface area contributed by atoms with E-state index in [-0.39, 0.29) is 18.0 Å². The van der Waals surface area contributed by atoms with Crippen LogP contribution in [-0.2, 0) is 30.7 Å². The molecule has 1 aliphatic heterocycles. The molecule has 1 amide bonds. The molecule has 1 aliphatic rings. The molecule has 4 aromatic rings. The number of aromatic nitrogens is 2. The van der Waals surface area contributed by atoms with Gasteiger partial charge in [0.2, 0.25) is 11.8 Å². The Labute approximate surface area is 213 Å². The second kappa shape index (κ2) is 9.95. The highest BCUT2D eigenvalue weighted by Gasteiger charge is 2.29. The van der Waals surface area contributed by atoms with Gasteiger partial charge in [0.1, 0.15) is 18.0 Å². The van der Waals surface area contributed by atoms with Crippen molar-refractivity contribution in [2.24, 2.45) is 0 Å². The van der Waals surface area contributed by atoms with Crippen LogP contribution < -0.4 is 20.3 Å². The summed E-state index contributed by atoms with van der Waals surface area (Å²) < 4.78 is 14.5. The van der Waals surface area contributed by atoms with Crippen molar-refractivity contribution in [1.29, 1.82) is 0 Å². The summed E-state index contributed by atoms with van der Waals surface area (Å²) in [6, 6.07) is 20.6. The van der Waals surface area contributed by atoms with Crippen molar-refractivity contribution in [2.75, 3.05) is 7.11 Å². The average Bonchev–Trinajstić information content (AvgIpc) is 3.16. The molecule has 2 heterocycles. The molecule has 3 aromatic carbocycles. The van der Waals surface area contributed by atoms with Crippen LogP contribution in [0.3, 0.4) is 0 Å². The zero-order valence-corrected chi connectivity index (χ0v) is 20.8. The number of aryl methyl sites for hydroxylation is 1. The van der Waals surface area contributed by atoms with Gasteiger partial charge in [0.15, 0.2) is 0 Å². The Morgan fingerprint density at radius 3 is 2.47 bits per heavy atom. The second-order valence-electron chi connectivity index (χ2n) is 8.63. The van der Waals surface area contributed by atoms with Gasteiger partial charge >= 0.3 is 0 Å². The largest absolute Gasteiger partial charge is 0.497 e. The van der Waals surface area contributed by atoms with E-state index in [0.717, 1.165) is 28.9 Å². The third-order valence-electron chi connectivity index (χ3n) is 6.31. The number of hydrogen-bond donors (Lipinski definition) is 1. The molecule has 0 saturated carbocycles. The standard InChI is InChI=1S/C28H26ClN3O4/c1-3-18-4-9-22(10-5-18)32-27(34)24-15-20-14-21(29)8-13-25(20)36-28(24)31(32)17-26(33)30-16-19-6-11-23(35-2)12-7-19/h4-14H,3,15-17H2,1-2H3,(H,30,33). The van der Waals surface area contributed by atoms with Gasteiger partial charge in [0.05, 0.1) is 18.4 Å². The molecule has 36 heavy (non-hydrogen) atoms. The van der Waals surface area contributed by atoms with Crippen LogP contribution in [0.4, 0.5) is 0 Å². The predicted octanol–water partition coefficient (Wildman–Crippen LogP) is 4.88. The summed E-state index contributed by atoms with van der Waals surface area (Å²) in [5.41, 5.74) is 3.87. The van der Waals surface area contributed by atoms with Gasteiger partial charge in [0.25, 0.3) is 5.56 Å². The number of benzene rings is 3. The van der Waals surface area contributed by atoms with Crippen molar-refractivity contribution >= 4 is 17.5 Å². The van der Waals surface area contributed by atoms with Crippen LogP contribution in [0.25, 0.3) is 5.69 Å². The smallest absolute Gasteiger partial charge is 0.278 e. The molecule has 0 aliphatic carbocycles. The molecular weight excluding hydrogens is 478 g/mol. The molecule has 5 rings (SSSR count). The van der Waals surface area contributed by atoms with E-state index in [4.69, 9.17) is 21.1 Å². The number of methoxy groups -OCH3 is 1. The summed E-state index contributed by atoms with van der Waals surface area (Å²) in [7, 11) is 1.61. The highest BCUT2D eigenvalue weighted by Crippen LogP contribution is 2.37. The van der Waals surface area contributed by atoms with Gasteiger partial charge in [0, 0.05) is 23.6 Å². The summed E-state index contributed by atoms with van der Waals surface area (Å²) >= 11 is 6.17. The Balaban J connectivity index is 1.48. The molecule has 0 unspecified atom stereocenters. The number of halogens is 1. The molecule has 0 radical (unpaired) electrons. The van der Waals surface area contributed by atoms with Crippen LogP contribution in [0.2, 0.25) is 5.02 Å². The average molecular weight is 504 g/mol. The number of nitrogens with zero attached hydrogens (tertiary/aromatic N) is 2. The zero-order valence-electron chi connectivity index (χ0n) is 20.1. The maximum atomic E-state index is 13.6. The fourth-order valence-electron chi connectivity index (χ4n) is 4.33. The van der Waals surface area contributed by atoms with Crippen LogP contribution in [0, 0.1) is 0 Å². The van der Waals surface area contributed by atoms with Crippen molar-refractivity contribution in [3.63, 3.8) is 0 Å². The Morgan fingerprint density at radius 1 is 1.06 bits per heavy atom. The van der Waals surface area contributed by atoms with E-state index >= 15 is 0 Å². The fourth-order valence-corrected chi connectivity index (χ4v) is 4.52. The third-order valence-corrected chi connectivity index (χ3v) is 6.55. The summed E-state index contributed by atoms with van der Waals surface area (Å²) in [5, 5.41) is 3.51. The number of amides is 1. The van der Waals surface area contributed by atoms with Crippen molar-refractivity contribution in [1.82, 2.24) is 14.7 Å². The van der Waals surface area contributed by atoms with Crippen LogP contribution in [0.1, 0.15) is 29.2 Å². The van der Waals surface area contributed by atoms with Gasteiger partial charge in [-0.1, -0.05) is 42.8 Å². The number of rotatable bonds is 7. The Bertz CT molecular complexity index is 1470. The maximum absolute atomic E-state index is 13.6. The van der Waals surface area contributed by atoms with E-state index in [1.165, 1.54) is 4.68 Å². The number of nitrogens with one attached hydrogen (secondary N) is 1. The lowest BCUT2D eigenvalue weighted by molar-refractivity contribution is -0.122. The number of ether oxygens (including phenoxy) is 2. The minimum absolute atomic E-state index is 0.0841. The predicted molar refractivity (Wildman–Crippen MR) is 139 cm³/mol. The lowest BCUT2D eigenvalue weighted by atomic mass is 10.0. The molecule has 1 aromatic heterocycles. The fraction of sp³-hybridized carbons (Fsp3) is 0.214. The van der Waals surface area contributed by atoms with Crippen LogP contribution in [0.15, 0.2) is 71.5 Å². The molecule has 0 fully saturated rings. The summed E-state index contributed by atoms with van der Waals surface area (Å²) in [4.78, 5) is 26.6. The Kier molecular flexibility index (Phi) is 6.57. The first-order chi connectivity index (χ1) is 17.5. The Hall–Kier alpha value is -3.97.